The highest BCUT2D eigenvalue weighted by Crippen LogP contribution is 2.20. The largest absolute Gasteiger partial charge is 0.481 e. The van der Waals surface area contributed by atoms with E-state index < -0.39 is 5.54 Å². The number of piperazine rings is 1. The van der Waals surface area contributed by atoms with Crippen LogP contribution in [0.2, 0.25) is 0 Å². The molecule has 1 fully saturated rings. The van der Waals surface area contributed by atoms with Crippen molar-refractivity contribution in [2.45, 2.75) is 32.4 Å². The zero-order chi connectivity index (χ0) is 14.8. The van der Waals surface area contributed by atoms with Crippen molar-refractivity contribution in [2.75, 3.05) is 13.7 Å². The second-order valence-electron chi connectivity index (χ2n) is 5.10. The summed E-state index contributed by atoms with van der Waals surface area (Å²) in [6, 6.07) is 3.58. The van der Waals surface area contributed by atoms with Crippen LogP contribution >= 0.6 is 0 Å². The number of carbonyl (C=O) groups is 2. The van der Waals surface area contributed by atoms with Gasteiger partial charge in [-0.3, -0.25) is 9.59 Å². The molecule has 1 aromatic rings. The van der Waals surface area contributed by atoms with Gasteiger partial charge in [-0.15, -0.1) is 0 Å². The third-order valence-electron chi connectivity index (χ3n) is 3.60. The number of rotatable bonds is 4. The molecule has 1 aliphatic rings. The number of carbonyl (C=O) groups excluding carboxylic acids is 2. The molecule has 2 heterocycles. The first-order valence-electron chi connectivity index (χ1n) is 6.58. The van der Waals surface area contributed by atoms with Crippen molar-refractivity contribution in [1.82, 2.24) is 15.2 Å². The minimum atomic E-state index is -0.813. The van der Waals surface area contributed by atoms with Crippen LogP contribution in [0.1, 0.15) is 25.8 Å². The lowest BCUT2D eigenvalue weighted by atomic mass is 9.94. The molecule has 20 heavy (non-hydrogen) atoms. The van der Waals surface area contributed by atoms with Gasteiger partial charge in [0.05, 0.1) is 13.7 Å². The molecular weight excluding hydrogens is 258 g/mol. The number of hydrogen-bond acceptors (Lipinski definition) is 4. The molecule has 0 saturated carbocycles. The van der Waals surface area contributed by atoms with Gasteiger partial charge in [0, 0.05) is 18.8 Å². The molecule has 108 valence electrons. The average Bonchev–Trinajstić information content (AvgIpc) is 2.44. The number of nitrogens with one attached hydrogen (secondary N) is 1. The number of nitrogens with zero attached hydrogens (tertiary/aromatic N) is 2. The van der Waals surface area contributed by atoms with Crippen LogP contribution in [-0.2, 0) is 16.1 Å². The van der Waals surface area contributed by atoms with E-state index >= 15 is 0 Å². The number of pyridine rings is 1. The molecule has 1 aliphatic heterocycles. The summed E-state index contributed by atoms with van der Waals surface area (Å²) < 4.78 is 5.06. The molecule has 0 radical (unpaired) electrons. The normalized spacial score (nSPS) is 22.6. The maximum absolute atomic E-state index is 12.4. The Morgan fingerprint density at radius 3 is 2.90 bits per heavy atom. The fraction of sp³-hybridized carbons (Fsp3) is 0.500. The lowest BCUT2D eigenvalue weighted by Gasteiger charge is -2.39. The summed E-state index contributed by atoms with van der Waals surface area (Å²) in [6.45, 7) is 4.10. The van der Waals surface area contributed by atoms with E-state index in [1.807, 2.05) is 13.0 Å². The van der Waals surface area contributed by atoms with Crippen LogP contribution in [0.4, 0.5) is 0 Å². The fourth-order valence-corrected chi connectivity index (χ4v) is 2.24. The Hall–Kier alpha value is -2.11. The lowest BCUT2D eigenvalue weighted by molar-refractivity contribution is -0.149. The van der Waals surface area contributed by atoms with E-state index in [0.29, 0.717) is 18.8 Å². The summed E-state index contributed by atoms with van der Waals surface area (Å²) in [7, 11) is 1.54. The Kier molecular flexibility index (Phi) is 3.92. The zero-order valence-electron chi connectivity index (χ0n) is 12.0. The zero-order valence-corrected chi connectivity index (χ0v) is 12.0. The number of hydrogen-bond donors (Lipinski definition) is 1. The van der Waals surface area contributed by atoms with E-state index in [4.69, 9.17) is 4.74 Å². The van der Waals surface area contributed by atoms with Gasteiger partial charge in [-0.05, 0) is 25.0 Å². The predicted molar refractivity (Wildman–Crippen MR) is 73.0 cm³/mol. The second-order valence-corrected chi connectivity index (χ2v) is 5.10. The van der Waals surface area contributed by atoms with E-state index in [1.165, 1.54) is 0 Å². The smallest absolute Gasteiger partial charge is 0.248 e. The van der Waals surface area contributed by atoms with Crippen molar-refractivity contribution in [1.29, 1.82) is 0 Å². The SMILES string of the molecule is CCC1(C)NC(=O)CN(Cc2ccnc(OC)c2)C1=O. The lowest BCUT2D eigenvalue weighted by Crippen LogP contribution is -2.64. The standard InChI is InChI=1S/C14H19N3O3/c1-4-14(2)13(19)17(9-11(18)16-14)8-10-5-6-15-12(7-10)20-3/h5-7H,4,8-9H2,1-3H3,(H,16,18). The monoisotopic (exact) mass is 277 g/mol. The van der Waals surface area contributed by atoms with Gasteiger partial charge in [0.25, 0.3) is 0 Å². The van der Waals surface area contributed by atoms with Gasteiger partial charge in [0.1, 0.15) is 5.54 Å². The summed E-state index contributed by atoms with van der Waals surface area (Å²) in [5.41, 5.74) is 0.0743. The van der Waals surface area contributed by atoms with Gasteiger partial charge in [-0.2, -0.15) is 0 Å². The third kappa shape index (κ3) is 2.74. The molecule has 1 saturated heterocycles. The van der Waals surface area contributed by atoms with Crippen LogP contribution in [-0.4, -0.2) is 40.9 Å². The molecule has 1 unspecified atom stereocenters. The average molecular weight is 277 g/mol. The Bertz CT molecular complexity index is 532. The summed E-state index contributed by atoms with van der Waals surface area (Å²) in [5.74, 6) is 0.306. The highest BCUT2D eigenvalue weighted by atomic mass is 16.5. The van der Waals surface area contributed by atoms with Gasteiger partial charge in [-0.25, -0.2) is 4.98 Å². The molecule has 0 aromatic carbocycles. The first kappa shape index (κ1) is 14.3. The first-order valence-corrected chi connectivity index (χ1v) is 6.58. The predicted octanol–water partition coefficient (Wildman–Crippen LogP) is 0.717. The summed E-state index contributed by atoms with van der Waals surface area (Å²) in [4.78, 5) is 29.8. The molecular formula is C14H19N3O3. The Balaban J connectivity index is 2.19. The Morgan fingerprint density at radius 2 is 2.25 bits per heavy atom. The maximum atomic E-state index is 12.4. The summed E-state index contributed by atoms with van der Waals surface area (Å²) in [6.07, 6.45) is 2.19. The van der Waals surface area contributed by atoms with E-state index in [2.05, 4.69) is 10.3 Å². The van der Waals surface area contributed by atoms with Crippen LogP contribution in [0.5, 0.6) is 5.88 Å². The van der Waals surface area contributed by atoms with Crippen molar-refractivity contribution in [3.63, 3.8) is 0 Å². The molecule has 0 aliphatic carbocycles. The molecule has 6 heteroatoms. The van der Waals surface area contributed by atoms with Gasteiger partial charge < -0.3 is 15.0 Å². The van der Waals surface area contributed by atoms with E-state index in [1.54, 1.807) is 31.2 Å². The first-order chi connectivity index (χ1) is 9.48. The van der Waals surface area contributed by atoms with Gasteiger partial charge >= 0.3 is 0 Å². The van der Waals surface area contributed by atoms with Crippen molar-refractivity contribution in [3.8, 4) is 5.88 Å². The van der Waals surface area contributed by atoms with Crippen LogP contribution in [0, 0.1) is 0 Å². The molecule has 0 spiro atoms. The summed E-state index contributed by atoms with van der Waals surface area (Å²) in [5, 5.41) is 2.76. The maximum Gasteiger partial charge on any atom is 0.248 e. The highest BCUT2D eigenvalue weighted by molar-refractivity contribution is 5.97. The molecule has 0 bridgehead atoms. The van der Waals surface area contributed by atoms with Crippen LogP contribution in [0.15, 0.2) is 18.3 Å². The van der Waals surface area contributed by atoms with Crippen LogP contribution in [0.3, 0.4) is 0 Å². The third-order valence-corrected chi connectivity index (χ3v) is 3.60. The summed E-state index contributed by atoms with van der Waals surface area (Å²) >= 11 is 0. The number of methoxy groups -OCH3 is 1. The highest BCUT2D eigenvalue weighted by Gasteiger charge is 2.41. The second kappa shape index (κ2) is 5.48. The quantitative estimate of drug-likeness (QED) is 0.880. The van der Waals surface area contributed by atoms with E-state index in [9.17, 15) is 9.59 Å². The minimum absolute atomic E-state index is 0.0598. The Labute approximate surface area is 118 Å². The molecule has 1 aromatic heterocycles. The topological polar surface area (TPSA) is 71.5 Å². The van der Waals surface area contributed by atoms with Gasteiger partial charge in [-0.1, -0.05) is 6.92 Å². The van der Waals surface area contributed by atoms with Gasteiger partial charge in [0.15, 0.2) is 0 Å². The number of aromatic nitrogens is 1. The van der Waals surface area contributed by atoms with Crippen LogP contribution < -0.4 is 10.1 Å². The molecule has 1 atom stereocenters. The van der Waals surface area contributed by atoms with Crippen molar-refractivity contribution in [2.24, 2.45) is 0 Å². The van der Waals surface area contributed by atoms with Crippen molar-refractivity contribution in [3.05, 3.63) is 23.9 Å². The van der Waals surface area contributed by atoms with Crippen molar-refractivity contribution >= 4 is 11.8 Å². The minimum Gasteiger partial charge on any atom is -0.481 e. The van der Waals surface area contributed by atoms with Crippen LogP contribution in [0.25, 0.3) is 0 Å². The number of amides is 2. The number of ether oxygens (including phenoxy) is 1. The molecule has 2 amide bonds. The van der Waals surface area contributed by atoms with E-state index in [-0.39, 0.29) is 18.4 Å². The van der Waals surface area contributed by atoms with Gasteiger partial charge in [0.2, 0.25) is 17.7 Å². The van der Waals surface area contributed by atoms with E-state index in [0.717, 1.165) is 5.56 Å². The molecule has 6 nitrogen and oxygen atoms in total. The molecule has 1 N–H and O–H groups in total. The molecule has 2 rings (SSSR count). The fourth-order valence-electron chi connectivity index (χ4n) is 2.24. The Morgan fingerprint density at radius 1 is 1.50 bits per heavy atom. The van der Waals surface area contributed by atoms with Crippen molar-refractivity contribution < 1.29 is 14.3 Å².